The molecule has 1 heterocycles. The summed E-state index contributed by atoms with van der Waals surface area (Å²) >= 11 is 5.37. The van der Waals surface area contributed by atoms with Gasteiger partial charge in [0.1, 0.15) is 0 Å². The first-order valence-electron chi connectivity index (χ1n) is 8.63. The van der Waals surface area contributed by atoms with E-state index >= 15 is 0 Å². The Morgan fingerprint density at radius 1 is 1.00 bits per heavy atom. The summed E-state index contributed by atoms with van der Waals surface area (Å²) in [4.78, 5) is 0. The first-order valence-corrected chi connectivity index (χ1v) is 9.04. The molecule has 4 aromatic rings. The SMILES string of the molecule is COc1ccc(-c2n[nH]c(=S)n2/N=C\c2cccc3ccccc23)cc1OC. The number of aromatic nitrogens is 3. The average molecular weight is 390 g/mol. The third-order valence-corrected chi connectivity index (χ3v) is 4.69. The summed E-state index contributed by atoms with van der Waals surface area (Å²) in [7, 11) is 3.19. The number of rotatable bonds is 5. The van der Waals surface area contributed by atoms with Crippen LogP contribution in [0.2, 0.25) is 0 Å². The molecule has 0 spiro atoms. The van der Waals surface area contributed by atoms with Crippen molar-refractivity contribution in [2.24, 2.45) is 5.10 Å². The van der Waals surface area contributed by atoms with E-state index in [1.807, 2.05) is 42.5 Å². The molecule has 0 amide bonds. The van der Waals surface area contributed by atoms with E-state index in [0.717, 1.165) is 21.9 Å². The Bertz CT molecular complexity index is 1220. The summed E-state index contributed by atoms with van der Waals surface area (Å²) in [6, 6.07) is 19.8. The Morgan fingerprint density at radius 3 is 2.61 bits per heavy atom. The van der Waals surface area contributed by atoms with Crippen molar-refractivity contribution in [1.29, 1.82) is 0 Å². The van der Waals surface area contributed by atoms with Gasteiger partial charge in [-0.3, -0.25) is 0 Å². The van der Waals surface area contributed by atoms with Crippen molar-refractivity contribution in [3.63, 3.8) is 0 Å². The lowest BCUT2D eigenvalue weighted by Crippen LogP contribution is -1.97. The van der Waals surface area contributed by atoms with Crippen LogP contribution in [0.3, 0.4) is 0 Å². The van der Waals surface area contributed by atoms with E-state index in [1.165, 1.54) is 0 Å². The zero-order chi connectivity index (χ0) is 19.5. The summed E-state index contributed by atoms with van der Waals surface area (Å²) in [5.74, 6) is 1.84. The number of nitrogens with one attached hydrogen (secondary N) is 1. The monoisotopic (exact) mass is 390 g/mol. The quantitative estimate of drug-likeness (QED) is 0.398. The molecule has 140 valence electrons. The van der Waals surface area contributed by atoms with Gasteiger partial charge in [-0.15, -0.1) is 0 Å². The number of ether oxygens (including phenoxy) is 2. The maximum atomic E-state index is 5.39. The van der Waals surface area contributed by atoms with Gasteiger partial charge in [-0.05, 0) is 41.2 Å². The molecule has 0 saturated heterocycles. The van der Waals surface area contributed by atoms with E-state index in [9.17, 15) is 0 Å². The van der Waals surface area contributed by atoms with Gasteiger partial charge in [0, 0.05) is 11.1 Å². The minimum atomic E-state index is 0.404. The molecule has 0 saturated carbocycles. The summed E-state index contributed by atoms with van der Waals surface area (Å²) in [5, 5.41) is 14.0. The molecule has 3 aromatic carbocycles. The molecule has 1 N–H and O–H groups in total. The fourth-order valence-electron chi connectivity index (χ4n) is 3.04. The number of benzene rings is 3. The fourth-order valence-corrected chi connectivity index (χ4v) is 3.22. The molecule has 28 heavy (non-hydrogen) atoms. The molecule has 0 aliphatic rings. The molecule has 0 aliphatic carbocycles. The van der Waals surface area contributed by atoms with Gasteiger partial charge in [-0.2, -0.15) is 14.9 Å². The number of H-pyrrole nitrogens is 1. The highest BCUT2D eigenvalue weighted by Crippen LogP contribution is 2.31. The highest BCUT2D eigenvalue weighted by molar-refractivity contribution is 7.71. The largest absolute Gasteiger partial charge is 0.493 e. The van der Waals surface area contributed by atoms with Crippen LogP contribution < -0.4 is 9.47 Å². The van der Waals surface area contributed by atoms with Crippen LogP contribution in [-0.4, -0.2) is 35.3 Å². The molecule has 7 heteroatoms. The second-order valence-corrected chi connectivity index (χ2v) is 6.43. The molecule has 1 aromatic heterocycles. The smallest absolute Gasteiger partial charge is 0.216 e. The van der Waals surface area contributed by atoms with Gasteiger partial charge in [-0.25, -0.2) is 5.10 Å². The average Bonchev–Trinajstić information content (AvgIpc) is 3.12. The summed E-state index contributed by atoms with van der Waals surface area (Å²) in [5.41, 5.74) is 1.81. The lowest BCUT2D eigenvalue weighted by Gasteiger charge is -2.09. The minimum absolute atomic E-state index is 0.404. The number of nitrogens with zero attached hydrogens (tertiary/aromatic N) is 3. The van der Waals surface area contributed by atoms with E-state index in [0.29, 0.717) is 22.1 Å². The standard InChI is InChI=1S/C21H18N4O2S/c1-26-18-11-10-15(12-19(18)27-2)20-23-24-21(28)25(20)22-13-16-8-5-7-14-6-3-4-9-17(14)16/h3-13H,1-2H3,(H,24,28)/b22-13-. The zero-order valence-electron chi connectivity index (χ0n) is 15.4. The molecule has 0 radical (unpaired) electrons. The van der Waals surface area contributed by atoms with Crippen molar-refractivity contribution in [2.75, 3.05) is 14.2 Å². The predicted molar refractivity (Wildman–Crippen MR) is 113 cm³/mol. The summed E-state index contributed by atoms with van der Waals surface area (Å²) < 4.78 is 12.7. The second-order valence-electron chi connectivity index (χ2n) is 6.05. The van der Waals surface area contributed by atoms with Gasteiger partial charge >= 0.3 is 0 Å². The fraction of sp³-hybridized carbons (Fsp3) is 0.0952. The van der Waals surface area contributed by atoms with Crippen molar-refractivity contribution in [1.82, 2.24) is 14.9 Å². The van der Waals surface area contributed by atoms with Gasteiger partial charge in [-0.1, -0.05) is 42.5 Å². The van der Waals surface area contributed by atoms with Gasteiger partial charge in [0.25, 0.3) is 0 Å². The van der Waals surface area contributed by atoms with Crippen LogP contribution in [0.4, 0.5) is 0 Å². The molecular weight excluding hydrogens is 372 g/mol. The highest BCUT2D eigenvalue weighted by atomic mass is 32.1. The van der Waals surface area contributed by atoms with E-state index < -0.39 is 0 Å². The normalized spacial score (nSPS) is 11.2. The van der Waals surface area contributed by atoms with Crippen LogP contribution in [0.25, 0.3) is 22.2 Å². The highest BCUT2D eigenvalue weighted by Gasteiger charge is 2.12. The van der Waals surface area contributed by atoms with Gasteiger partial charge in [0.15, 0.2) is 17.3 Å². The Morgan fingerprint density at radius 2 is 1.79 bits per heavy atom. The summed E-state index contributed by atoms with van der Waals surface area (Å²) in [6.45, 7) is 0. The minimum Gasteiger partial charge on any atom is -0.493 e. The van der Waals surface area contributed by atoms with Crippen molar-refractivity contribution >= 4 is 29.2 Å². The van der Waals surface area contributed by atoms with E-state index in [-0.39, 0.29) is 0 Å². The van der Waals surface area contributed by atoms with Crippen LogP contribution in [0, 0.1) is 4.77 Å². The van der Waals surface area contributed by atoms with Crippen LogP contribution in [-0.2, 0) is 0 Å². The van der Waals surface area contributed by atoms with Crippen molar-refractivity contribution < 1.29 is 9.47 Å². The van der Waals surface area contributed by atoms with Crippen molar-refractivity contribution in [2.45, 2.75) is 0 Å². The van der Waals surface area contributed by atoms with Gasteiger partial charge < -0.3 is 9.47 Å². The molecule has 6 nitrogen and oxygen atoms in total. The van der Waals surface area contributed by atoms with Crippen molar-refractivity contribution in [3.05, 3.63) is 71.0 Å². The third-order valence-electron chi connectivity index (χ3n) is 4.43. The first-order chi connectivity index (χ1) is 13.7. The number of fused-ring (bicyclic) bond motifs is 1. The lowest BCUT2D eigenvalue weighted by molar-refractivity contribution is 0.355. The Balaban J connectivity index is 1.77. The molecule has 0 aliphatic heterocycles. The van der Waals surface area contributed by atoms with Crippen LogP contribution in [0.15, 0.2) is 65.8 Å². The topological polar surface area (TPSA) is 64.4 Å². The number of aromatic amines is 1. The second kappa shape index (κ2) is 7.66. The van der Waals surface area contributed by atoms with E-state index in [1.54, 1.807) is 25.1 Å². The Hall–Kier alpha value is -3.45. The van der Waals surface area contributed by atoms with Crippen LogP contribution in [0.1, 0.15) is 5.56 Å². The predicted octanol–water partition coefficient (Wildman–Crippen LogP) is 4.66. The van der Waals surface area contributed by atoms with E-state index in [4.69, 9.17) is 21.7 Å². The number of hydrogen-bond donors (Lipinski definition) is 1. The Kier molecular flexibility index (Phi) is 4.90. The molecule has 4 rings (SSSR count). The molecule has 0 unspecified atom stereocenters. The molecule has 0 fully saturated rings. The first kappa shape index (κ1) is 17.9. The zero-order valence-corrected chi connectivity index (χ0v) is 16.2. The van der Waals surface area contributed by atoms with Crippen molar-refractivity contribution in [3.8, 4) is 22.9 Å². The van der Waals surface area contributed by atoms with E-state index in [2.05, 4.69) is 33.5 Å². The van der Waals surface area contributed by atoms with Crippen LogP contribution in [0.5, 0.6) is 11.5 Å². The molecule has 0 atom stereocenters. The molecule has 0 bridgehead atoms. The van der Waals surface area contributed by atoms with Crippen LogP contribution >= 0.6 is 12.2 Å². The maximum absolute atomic E-state index is 5.39. The molecular formula is C21H18N4O2S. The Labute approximate surface area is 167 Å². The van der Waals surface area contributed by atoms with Gasteiger partial charge in [0.2, 0.25) is 4.77 Å². The maximum Gasteiger partial charge on any atom is 0.216 e. The number of methoxy groups -OCH3 is 2. The lowest BCUT2D eigenvalue weighted by atomic mass is 10.1. The third kappa shape index (κ3) is 3.27. The summed E-state index contributed by atoms with van der Waals surface area (Å²) in [6.07, 6.45) is 1.79. The number of hydrogen-bond acceptors (Lipinski definition) is 5. The van der Waals surface area contributed by atoms with Gasteiger partial charge in [0.05, 0.1) is 20.4 Å².